The minimum atomic E-state index is -0.616. The molecule has 146 valence electrons. The first-order valence-electron chi connectivity index (χ1n) is 8.60. The molecule has 7 nitrogen and oxygen atoms in total. The maximum atomic E-state index is 11.7. The zero-order chi connectivity index (χ0) is 20.4. The molecule has 28 heavy (non-hydrogen) atoms. The SMILES string of the molecule is C=C(C)C(=O)OCCNC(=O)OCc1cccc(N=Cc2ccccc2O)c1. The number of alkyl carbamates (subject to hydrolysis) is 1. The van der Waals surface area contributed by atoms with Gasteiger partial charge >= 0.3 is 12.1 Å². The van der Waals surface area contributed by atoms with Crippen LogP contribution in [0.3, 0.4) is 0 Å². The highest BCUT2D eigenvalue weighted by molar-refractivity contribution is 5.87. The van der Waals surface area contributed by atoms with Gasteiger partial charge in [-0.2, -0.15) is 0 Å². The van der Waals surface area contributed by atoms with E-state index in [9.17, 15) is 14.7 Å². The maximum Gasteiger partial charge on any atom is 0.407 e. The summed E-state index contributed by atoms with van der Waals surface area (Å²) in [6, 6.07) is 14.1. The average molecular weight is 382 g/mol. The third-order valence-corrected chi connectivity index (χ3v) is 3.52. The summed E-state index contributed by atoms with van der Waals surface area (Å²) in [5.74, 6) is -0.354. The quantitative estimate of drug-likeness (QED) is 0.315. The highest BCUT2D eigenvalue weighted by Gasteiger charge is 2.05. The first-order chi connectivity index (χ1) is 13.5. The number of benzene rings is 2. The predicted molar refractivity (Wildman–Crippen MR) is 106 cm³/mol. The van der Waals surface area contributed by atoms with Gasteiger partial charge in [0.1, 0.15) is 19.0 Å². The van der Waals surface area contributed by atoms with Crippen LogP contribution in [0.5, 0.6) is 5.75 Å². The predicted octanol–water partition coefficient (Wildman–Crippen LogP) is 3.49. The Labute approximate surface area is 163 Å². The highest BCUT2D eigenvalue weighted by atomic mass is 16.6. The molecule has 0 aromatic heterocycles. The summed E-state index contributed by atoms with van der Waals surface area (Å²) < 4.78 is 9.98. The second-order valence-electron chi connectivity index (χ2n) is 5.91. The zero-order valence-electron chi connectivity index (χ0n) is 15.6. The molecule has 1 amide bonds. The van der Waals surface area contributed by atoms with E-state index in [-0.39, 0.29) is 25.5 Å². The second-order valence-corrected chi connectivity index (χ2v) is 5.91. The molecule has 2 aromatic carbocycles. The monoisotopic (exact) mass is 382 g/mol. The van der Waals surface area contributed by atoms with Crippen molar-refractivity contribution in [2.75, 3.05) is 13.2 Å². The Morgan fingerprint density at radius 2 is 1.96 bits per heavy atom. The molecule has 0 bridgehead atoms. The Kier molecular flexibility index (Phi) is 7.77. The van der Waals surface area contributed by atoms with Crippen molar-refractivity contribution < 1.29 is 24.2 Å². The van der Waals surface area contributed by atoms with Crippen LogP contribution in [0, 0.1) is 0 Å². The molecule has 0 atom stereocenters. The fourth-order valence-corrected chi connectivity index (χ4v) is 2.09. The summed E-state index contributed by atoms with van der Waals surface area (Å²) in [4.78, 5) is 27.2. The molecule has 0 saturated heterocycles. The summed E-state index contributed by atoms with van der Waals surface area (Å²) in [7, 11) is 0. The summed E-state index contributed by atoms with van der Waals surface area (Å²) in [5, 5.41) is 12.2. The Balaban J connectivity index is 1.79. The molecule has 0 aliphatic heterocycles. The van der Waals surface area contributed by atoms with Gasteiger partial charge in [0.15, 0.2) is 0 Å². The van der Waals surface area contributed by atoms with Gasteiger partial charge in [-0.25, -0.2) is 9.59 Å². The largest absolute Gasteiger partial charge is 0.507 e. The van der Waals surface area contributed by atoms with Crippen molar-refractivity contribution in [2.24, 2.45) is 4.99 Å². The van der Waals surface area contributed by atoms with Crippen LogP contribution in [-0.4, -0.2) is 36.5 Å². The number of carbonyl (C=O) groups excluding carboxylic acids is 2. The molecular formula is C21H22N2O5. The van der Waals surface area contributed by atoms with Gasteiger partial charge in [0.05, 0.1) is 12.2 Å². The highest BCUT2D eigenvalue weighted by Crippen LogP contribution is 2.17. The van der Waals surface area contributed by atoms with Crippen LogP contribution < -0.4 is 5.32 Å². The van der Waals surface area contributed by atoms with Gasteiger partial charge in [0, 0.05) is 17.4 Å². The van der Waals surface area contributed by atoms with Crippen LogP contribution in [0.4, 0.5) is 10.5 Å². The number of amides is 1. The average Bonchev–Trinajstić information content (AvgIpc) is 2.69. The summed E-state index contributed by atoms with van der Waals surface area (Å²) in [5.41, 5.74) is 2.33. The standard InChI is InChI=1S/C21H22N2O5/c1-15(2)20(25)27-11-10-22-21(26)28-14-16-6-5-8-18(12-16)23-13-17-7-3-4-9-19(17)24/h3-9,12-13,24H,1,10-11,14H2,2H3,(H,22,26). The fourth-order valence-electron chi connectivity index (χ4n) is 2.09. The van der Waals surface area contributed by atoms with E-state index in [0.717, 1.165) is 5.56 Å². The van der Waals surface area contributed by atoms with Crippen molar-refractivity contribution in [2.45, 2.75) is 13.5 Å². The normalized spacial score (nSPS) is 10.5. The Morgan fingerprint density at radius 3 is 2.71 bits per heavy atom. The van der Waals surface area contributed by atoms with E-state index in [1.165, 1.54) is 0 Å². The number of para-hydroxylation sites is 1. The maximum absolute atomic E-state index is 11.7. The van der Waals surface area contributed by atoms with Crippen LogP contribution in [0.15, 0.2) is 65.7 Å². The molecule has 0 unspecified atom stereocenters. The second kappa shape index (κ2) is 10.5. The summed E-state index contributed by atoms with van der Waals surface area (Å²) in [6.07, 6.45) is 0.948. The van der Waals surface area contributed by atoms with Crippen molar-refractivity contribution in [3.05, 3.63) is 71.8 Å². The van der Waals surface area contributed by atoms with E-state index in [4.69, 9.17) is 9.47 Å². The molecule has 0 aliphatic carbocycles. The van der Waals surface area contributed by atoms with Crippen molar-refractivity contribution in [1.29, 1.82) is 0 Å². The van der Waals surface area contributed by atoms with Gasteiger partial charge in [-0.1, -0.05) is 30.8 Å². The molecule has 0 radical (unpaired) electrons. The van der Waals surface area contributed by atoms with E-state index < -0.39 is 12.1 Å². The fraction of sp³-hybridized carbons (Fsp3) is 0.190. The third kappa shape index (κ3) is 6.95. The van der Waals surface area contributed by atoms with Crippen LogP contribution in [-0.2, 0) is 20.9 Å². The van der Waals surface area contributed by atoms with Crippen LogP contribution in [0.25, 0.3) is 0 Å². The topological polar surface area (TPSA) is 97.2 Å². The number of hydrogen-bond acceptors (Lipinski definition) is 6. The van der Waals surface area contributed by atoms with Gasteiger partial charge in [0.2, 0.25) is 0 Å². The number of ether oxygens (including phenoxy) is 2. The number of hydrogen-bond donors (Lipinski definition) is 2. The van der Waals surface area contributed by atoms with Crippen molar-refractivity contribution in [1.82, 2.24) is 5.32 Å². The minimum Gasteiger partial charge on any atom is -0.507 e. The number of rotatable bonds is 8. The van der Waals surface area contributed by atoms with Gasteiger partial charge in [-0.3, -0.25) is 4.99 Å². The van der Waals surface area contributed by atoms with Crippen LogP contribution >= 0.6 is 0 Å². The number of esters is 1. The van der Waals surface area contributed by atoms with Crippen LogP contribution in [0.2, 0.25) is 0 Å². The zero-order valence-corrected chi connectivity index (χ0v) is 15.6. The third-order valence-electron chi connectivity index (χ3n) is 3.52. The molecule has 2 rings (SSSR count). The number of phenols is 1. The van der Waals surface area contributed by atoms with Gasteiger partial charge in [0.25, 0.3) is 0 Å². The number of phenolic OH excluding ortho intramolecular Hbond substituents is 1. The number of nitrogens with one attached hydrogen (secondary N) is 1. The van der Waals surface area contributed by atoms with Gasteiger partial charge in [-0.05, 0) is 36.8 Å². The minimum absolute atomic E-state index is 0.0390. The summed E-state index contributed by atoms with van der Waals surface area (Å²) in [6.45, 7) is 5.26. The Morgan fingerprint density at radius 1 is 1.18 bits per heavy atom. The number of aliphatic imine (C=N–C) groups is 1. The van der Waals surface area contributed by atoms with Crippen molar-refractivity contribution >= 4 is 24.0 Å². The van der Waals surface area contributed by atoms with E-state index in [1.807, 2.05) is 6.07 Å². The number of nitrogens with zero attached hydrogens (tertiary/aromatic N) is 1. The molecule has 0 spiro atoms. The van der Waals surface area contributed by atoms with E-state index in [0.29, 0.717) is 16.8 Å². The summed E-state index contributed by atoms with van der Waals surface area (Å²) >= 11 is 0. The van der Waals surface area contributed by atoms with Gasteiger partial charge < -0.3 is 19.9 Å². The Bertz CT molecular complexity index is 877. The smallest absolute Gasteiger partial charge is 0.407 e. The van der Waals surface area contributed by atoms with Crippen molar-refractivity contribution in [3.63, 3.8) is 0 Å². The van der Waals surface area contributed by atoms with E-state index >= 15 is 0 Å². The van der Waals surface area contributed by atoms with Crippen molar-refractivity contribution in [3.8, 4) is 5.75 Å². The molecule has 2 N–H and O–H groups in total. The lowest BCUT2D eigenvalue weighted by Gasteiger charge is -2.08. The molecule has 2 aromatic rings. The number of aromatic hydroxyl groups is 1. The van der Waals surface area contributed by atoms with E-state index in [2.05, 4.69) is 16.9 Å². The number of carbonyl (C=O) groups is 2. The molecule has 0 aliphatic rings. The molecule has 0 heterocycles. The van der Waals surface area contributed by atoms with E-state index in [1.54, 1.807) is 55.6 Å². The lowest BCUT2D eigenvalue weighted by atomic mass is 10.2. The molecule has 0 fully saturated rings. The molecule has 0 saturated carbocycles. The molecular weight excluding hydrogens is 360 g/mol. The first kappa shape index (κ1) is 20.7. The lowest BCUT2D eigenvalue weighted by Crippen LogP contribution is -2.28. The van der Waals surface area contributed by atoms with Gasteiger partial charge in [-0.15, -0.1) is 0 Å². The molecule has 7 heteroatoms. The Hall–Kier alpha value is -3.61. The lowest BCUT2D eigenvalue weighted by molar-refractivity contribution is -0.138. The first-order valence-corrected chi connectivity index (χ1v) is 8.60. The van der Waals surface area contributed by atoms with Crippen LogP contribution in [0.1, 0.15) is 18.1 Å².